The highest BCUT2D eigenvalue weighted by Crippen LogP contribution is 2.20. The van der Waals surface area contributed by atoms with Crippen molar-refractivity contribution in [1.29, 1.82) is 0 Å². The fraction of sp³-hybridized carbons (Fsp3) is 0.308. The van der Waals surface area contributed by atoms with Gasteiger partial charge in [0, 0.05) is 22.5 Å². The summed E-state index contributed by atoms with van der Waals surface area (Å²) in [6, 6.07) is 7.82. The van der Waals surface area contributed by atoms with E-state index in [9.17, 15) is 4.79 Å². The van der Waals surface area contributed by atoms with Crippen molar-refractivity contribution in [2.24, 2.45) is 0 Å². The molecular weight excluding hydrogens is 314 g/mol. The number of nitrogens with zero attached hydrogens (tertiary/aromatic N) is 1. The zero-order chi connectivity index (χ0) is 13.4. The van der Waals surface area contributed by atoms with E-state index in [1.165, 1.54) is 11.8 Å². The third-order valence-corrected chi connectivity index (χ3v) is 3.77. The van der Waals surface area contributed by atoms with E-state index in [-0.39, 0.29) is 12.5 Å². The molecule has 0 saturated carbocycles. The SMILES string of the molecule is C=CCN(CCO)C(=O)CSc1ccc(Br)cc1. The first-order valence-electron chi connectivity index (χ1n) is 5.55. The maximum atomic E-state index is 11.9. The molecule has 1 N–H and O–H groups in total. The quantitative estimate of drug-likeness (QED) is 0.617. The summed E-state index contributed by atoms with van der Waals surface area (Å²) >= 11 is 4.86. The Kier molecular flexibility index (Phi) is 7.08. The van der Waals surface area contributed by atoms with Crippen molar-refractivity contribution in [3.05, 3.63) is 41.4 Å². The van der Waals surface area contributed by atoms with Crippen LogP contribution in [0.5, 0.6) is 0 Å². The van der Waals surface area contributed by atoms with E-state index in [0.29, 0.717) is 18.8 Å². The number of rotatable bonds is 7. The normalized spacial score (nSPS) is 10.1. The van der Waals surface area contributed by atoms with Gasteiger partial charge in [-0.1, -0.05) is 22.0 Å². The molecule has 98 valence electrons. The van der Waals surface area contributed by atoms with Crippen molar-refractivity contribution >= 4 is 33.6 Å². The molecule has 0 bridgehead atoms. The number of amides is 1. The lowest BCUT2D eigenvalue weighted by Crippen LogP contribution is -2.34. The first-order chi connectivity index (χ1) is 8.67. The van der Waals surface area contributed by atoms with Crippen molar-refractivity contribution < 1.29 is 9.90 Å². The monoisotopic (exact) mass is 329 g/mol. The maximum absolute atomic E-state index is 11.9. The van der Waals surface area contributed by atoms with Crippen LogP contribution >= 0.6 is 27.7 Å². The Hall–Kier alpha value is -0.780. The van der Waals surface area contributed by atoms with Crippen LogP contribution in [0.2, 0.25) is 0 Å². The molecule has 0 radical (unpaired) electrons. The zero-order valence-electron chi connectivity index (χ0n) is 10.0. The van der Waals surface area contributed by atoms with Crippen molar-refractivity contribution in [2.75, 3.05) is 25.4 Å². The highest BCUT2D eigenvalue weighted by molar-refractivity contribution is 9.10. The second-order valence-electron chi connectivity index (χ2n) is 3.59. The van der Waals surface area contributed by atoms with Crippen molar-refractivity contribution in [1.82, 2.24) is 4.90 Å². The summed E-state index contributed by atoms with van der Waals surface area (Å²) in [6.45, 7) is 4.41. The topological polar surface area (TPSA) is 40.5 Å². The molecule has 0 aliphatic rings. The van der Waals surface area contributed by atoms with E-state index in [4.69, 9.17) is 5.11 Å². The van der Waals surface area contributed by atoms with Gasteiger partial charge in [-0.3, -0.25) is 4.79 Å². The third-order valence-electron chi connectivity index (χ3n) is 2.25. The lowest BCUT2D eigenvalue weighted by Gasteiger charge is -2.19. The summed E-state index contributed by atoms with van der Waals surface area (Å²) in [5, 5.41) is 8.89. The van der Waals surface area contributed by atoms with E-state index in [1.54, 1.807) is 11.0 Å². The summed E-state index contributed by atoms with van der Waals surface area (Å²) in [6.07, 6.45) is 1.66. The minimum atomic E-state index is -0.0253. The van der Waals surface area contributed by atoms with E-state index >= 15 is 0 Å². The molecule has 1 rings (SSSR count). The smallest absolute Gasteiger partial charge is 0.233 e. The van der Waals surface area contributed by atoms with E-state index in [0.717, 1.165) is 9.37 Å². The third kappa shape index (κ3) is 5.25. The molecular formula is C13H16BrNO2S. The molecule has 1 aromatic rings. The number of hydrogen-bond donors (Lipinski definition) is 1. The molecule has 0 fully saturated rings. The van der Waals surface area contributed by atoms with Gasteiger partial charge in [-0.05, 0) is 24.3 Å². The van der Waals surface area contributed by atoms with Crippen LogP contribution < -0.4 is 0 Å². The summed E-state index contributed by atoms with van der Waals surface area (Å²) in [7, 11) is 0. The number of aliphatic hydroxyl groups excluding tert-OH is 1. The predicted molar refractivity (Wildman–Crippen MR) is 78.7 cm³/mol. The van der Waals surface area contributed by atoms with Gasteiger partial charge < -0.3 is 10.0 Å². The van der Waals surface area contributed by atoms with Crippen molar-refractivity contribution in [2.45, 2.75) is 4.90 Å². The minimum Gasteiger partial charge on any atom is -0.395 e. The highest BCUT2D eigenvalue weighted by Gasteiger charge is 2.11. The number of aliphatic hydroxyl groups is 1. The average Bonchev–Trinajstić information content (AvgIpc) is 2.37. The minimum absolute atomic E-state index is 0.0110. The van der Waals surface area contributed by atoms with Gasteiger partial charge >= 0.3 is 0 Å². The van der Waals surface area contributed by atoms with E-state index < -0.39 is 0 Å². The summed E-state index contributed by atoms with van der Waals surface area (Å²) in [4.78, 5) is 14.5. The number of carbonyl (C=O) groups excluding carboxylic acids is 1. The second kappa shape index (κ2) is 8.34. The lowest BCUT2D eigenvalue weighted by atomic mass is 10.4. The van der Waals surface area contributed by atoms with Crippen molar-refractivity contribution in [3.63, 3.8) is 0 Å². The fourth-order valence-electron chi connectivity index (χ4n) is 1.36. The Bertz CT molecular complexity index is 394. The molecule has 0 saturated heterocycles. The largest absolute Gasteiger partial charge is 0.395 e. The average molecular weight is 330 g/mol. The van der Waals surface area contributed by atoms with Gasteiger partial charge in [0.1, 0.15) is 0 Å². The molecule has 0 aromatic heterocycles. The molecule has 3 nitrogen and oxygen atoms in total. The van der Waals surface area contributed by atoms with Crippen LogP contribution in [-0.4, -0.2) is 41.4 Å². The molecule has 18 heavy (non-hydrogen) atoms. The molecule has 1 amide bonds. The first-order valence-corrected chi connectivity index (χ1v) is 7.33. The van der Waals surface area contributed by atoms with Crippen LogP contribution in [0.15, 0.2) is 46.3 Å². The first kappa shape index (κ1) is 15.3. The van der Waals surface area contributed by atoms with Gasteiger partial charge in [0.25, 0.3) is 0 Å². The maximum Gasteiger partial charge on any atom is 0.233 e. The number of carbonyl (C=O) groups is 1. The van der Waals surface area contributed by atoms with Crippen LogP contribution in [0.4, 0.5) is 0 Å². The van der Waals surface area contributed by atoms with E-state index in [2.05, 4.69) is 22.5 Å². The molecule has 1 aromatic carbocycles. The van der Waals surface area contributed by atoms with Crippen LogP contribution in [0.3, 0.4) is 0 Å². The van der Waals surface area contributed by atoms with Crippen LogP contribution in [0, 0.1) is 0 Å². The van der Waals surface area contributed by atoms with Gasteiger partial charge in [-0.2, -0.15) is 0 Å². The zero-order valence-corrected chi connectivity index (χ0v) is 12.4. The van der Waals surface area contributed by atoms with Gasteiger partial charge in [-0.15, -0.1) is 18.3 Å². The second-order valence-corrected chi connectivity index (χ2v) is 5.56. The van der Waals surface area contributed by atoms with Gasteiger partial charge in [0.15, 0.2) is 0 Å². The number of halogens is 1. The molecule has 5 heteroatoms. The van der Waals surface area contributed by atoms with Crippen molar-refractivity contribution in [3.8, 4) is 0 Å². The Morgan fingerprint density at radius 1 is 1.44 bits per heavy atom. The molecule has 0 aliphatic heterocycles. The van der Waals surface area contributed by atoms with Crippen LogP contribution in [0.25, 0.3) is 0 Å². The van der Waals surface area contributed by atoms with Gasteiger partial charge in [0.2, 0.25) is 5.91 Å². The number of thioether (sulfide) groups is 1. The Morgan fingerprint density at radius 3 is 2.67 bits per heavy atom. The molecule has 0 unspecified atom stereocenters. The summed E-state index contributed by atoms with van der Waals surface area (Å²) < 4.78 is 1.02. The Morgan fingerprint density at radius 2 is 2.11 bits per heavy atom. The number of hydrogen-bond acceptors (Lipinski definition) is 3. The highest BCUT2D eigenvalue weighted by atomic mass is 79.9. The van der Waals surface area contributed by atoms with E-state index in [1.807, 2.05) is 24.3 Å². The summed E-state index contributed by atoms with van der Waals surface area (Å²) in [5.74, 6) is 0.381. The Balaban J connectivity index is 2.47. The molecule has 0 spiro atoms. The molecule has 0 aliphatic carbocycles. The van der Waals surface area contributed by atoms with Crippen LogP contribution in [-0.2, 0) is 4.79 Å². The van der Waals surface area contributed by atoms with Gasteiger partial charge in [-0.25, -0.2) is 0 Å². The Labute approximate surface area is 120 Å². The fourth-order valence-corrected chi connectivity index (χ4v) is 2.43. The van der Waals surface area contributed by atoms with Gasteiger partial charge in [0.05, 0.1) is 12.4 Å². The summed E-state index contributed by atoms with van der Waals surface area (Å²) in [5.41, 5.74) is 0. The molecule has 0 atom stereocenters. The number of benzene rings is 1. The standard InChI is InChI=1S/C13H16BrNO2S/c1-2-7-15(8-9-16)13(17)10-18-12-5-3-11(14)4-6-12/h2-6,16H,1,7-10H2. The molecule has 0 heterocycles. The lowest BCUT2D eigenvalue weighted by molar-refractivity contribution is -0.128. The predicted octanol–water partition coefficient (Wildman–Crippen LogP) is 2.55. The van der Waals surface area contributed by atoms with Crippen LogP contribution in [0.1, 0.15) is 0 Å².